The highest BCUT2D eigenvalue weighted by molar-refractivity contribution is 6.07. The molecule has 0 aromatic heterocycles. The van der Waals surface area contributed by atoms with Crippen molar-refractivity contribution in [1.29, 1.82) is 0 Å². The predicted molar refractivity (Wildman–Crippen MR) is 122 cm³/mol. The van der Waals surface area contributed by atoms with Gasteiger partial charge in [-0.2, -0.15) is 0 Å². The number of nitrogens with zero attached hydrogens (tertiary/aromatic N) is 2. The van der Waals surface area contributed by atoms with E-state index in [1.807, 2.05) is 12.1 Å². The topological polar surface area (TPSA) is 24.7 Å². The molecule has 2 aliphatic heterocycles. The molecule has 0 saturated heterocycles. The van der Waals surface area contributed by atoms with Gasteiger partial charge >= 0.3 is 0 Å². The van der Waals surface area contributed by atoms with Crippen LogP contribution in [0, 0.1) is 0 Å². The number of aliphatic imine (C=N–C) groups is 2. The van der Waals surface area contributed by atoms with E-state index in [-0.39, 0.29) is 12.1 Å². The fourth-order valence-electron chi connectivity index (χ4n) is 4.31. The second-order valence-corrected chi connectivity index (χ2v) is 7.63. The molecule has 0 saturated carbocycles. The number of hydrogen-bond donors (Lipinski definition) is 0. The van der Waals surface area contributed by atoms with Gasteiger partial charge < -0.3 is 0 Å². The molecule has 1 aliphatic carbocycles. The van der Waals surface area contributed by atoms with Crippen molar-refractivity contribution in [2.45, 2.75) is 25.9 Å². The summed E-state index contributed by atoms with van der Waals surface area (Å²) in [5.41, 5.74) is 12.8. The maximum atomic E-state index is 5.04. The van der Waals surface area contributed by atoms with Crippen LogP contribution in [0.3, 0.4) is 0 Å². The highest BCUT2D eigenvalue weighted by atomic mass is 14.9. The van der Waals surface area contributed by atoms with E-state index in [1.54, 1.807) is 0 Å². The monoisotopic (exact) mass is 374 g/mol. The van der Waals surface area contributed by atoms with Crippen molar-refractivity contribution in [1.82, 2.24) is 0 Å². The quantitative estimate of drug-likeness (QED) is 0.588. The minimum absolute atomic E-state index is 0.0428. The van der Waals surface area contributed by atoms with Crippen LogP contribution in [0.2, 0.25) is 0 Å². The van der Waals surface area contributed by atoms with E-state index in [9.17, 15) is 0 Å². The Balaban J connectivity index is 1.66. The Hall–Kier alpha value is -3.48. The van der Waals surface area contributed by atoms with E-state index in [2.05, 4.69) is 92.4 Å². The number of hydrogen-bond acceptors (Lipinski definition) is 2. The molecule has 5 rings (SSSR count). The Kier molecular flexibility index (Phi) is 4.35. The van der Waals surface area contributed by atoms with Gasteiger partial charge in [0, 0.05) is 17.0 Å². The van der Waals surface area contributed by atoms with Gasteiger partial charge in [0.2, 0.25) is 0 Å². The van der Waals surface area contributed by atoms with Crippen LogP contribution in [-0.2, 0) is 0 Å². The Morgan fingerprint density at radius 3 is 1.90 bits per heavy atom. The Labute approximate surface area is 171 Å². The first-order valence-corrected chi connectivity index (χ1v) is 10.0. The van der Waals surface area contributed by atoms with Gasteiger partial charge in [-0.3, -0.25) is 9.98 Å². The molecule has 2 aromatic rings. The molecule has 2 heteroatoms. The van der Waals surface area contributed by atoms with Crippen molar-refractivity contribution in [2.75, 3.05) is 0 Å². The molecule has 0 radical (unpaired) electrons. The summed E-state index contributed by atoms with van der Waals surface area (Å²) in [7, 11) is 0. The first-order valence-electron chi connectivity index (χ1n) is 10.0. The molecule has 0 N–H and O–H groups in total. The third-order valence-corrected chi connectivity index (χ3v) is 5.58. The van der Waals surface area contributed by atoms with Gasteiger partial charge in [0.25, 0.3) is 0 Å². The van der Waals surface area contributed by atoms with E-state index in [0.29, 0.717) is 0 Å². The van der Waals surface area contributed by atoms with Gasteiger partial charge in [0.05, 0.1) is 0 Å². The van der Waals surface area contributed by atoms with Crippen molar-refractivity contribution in [2.24, 2.45) is 9.98 Å². The summed E-state index contributed by atoms with van der Waals surface area (Å²) in [4.78, 5) is 10.1. The summed E-state index contributed by atoms with van der Waals surface area (Å²) >= 11 is 0. The zero-order valence-corrected chi connectivity index (χ0v) is 16.6. The van der Waals surface area contributed by atoms with Crippen molar-refractivity contribution >= 4 is 22.6 Å². The average molecular weight is 374 g/mol. The largest absolute Gasteiger partial charge is 0.279 e. The molecule has 3 aliphatic rings. The average Bonchev–Trinajstić information content (AvgIpc) is 2.93. The fraction of sp³-hybridized carbons (Fsp3) is 0.148. The molecule has 29 heavy (non-hydrogen) atoms. The second kappa shape index (κ2) is 7.16. The van der Waals surface area contributed by atoms with Gasteiger partial charge in [-0.1, -0.05) is 60.7 Å². The highest BCUT2D eigenvalue weighted by Crippen LogP contribution is 2.40. The lowest BCUT2D eigenvalue weighted by Gasteiger charge is -2.31. The van der Waals surface area contributed by atoms with Crippen LogP contribution in [0.4, 0.5) is 0 Å². The van der Waals surface area contributed by atoms with Crippen LogP contribution in [0.5, 0.6) is 0 Å². The van der Waals surface area contributed by atoms with Crippen molar-refractivity contribution in [3.05, 3.63) is 113 Å². The van der Waals surface area contributed by atoms with Crippen LogP contribution in [0.25, 0.3) is 11.1 Å². The zero-order chi connectivity index (χ0) is 19.8. The standard InChI is InChI=1S/C27H22N2/c1-18-16-24(20-10-5-3-6-11-20)22-14-9-15-23-25(21-12-7-4-8-13-21)17-19(2)29-27(23)26(22)28-18/h3-14,16-17,26-27H,1-2H3. The van der Waals surface area contributed by atoms with E-state index in [1.165, 1.54) is 27.8 Å². The molecular formula is C27H22N2. The Bertz CT molecular complexity index is 1180. The predicted octanol–water partition coefficient (Wildman–Crippen LogP) is 5.86. The molecule has 0 bridgehead atoms. The van der Waals surface area contributed by atoms with Gasteiger partial charge in [-0.05, 0) is 66.0 Å². The van der Waals surface area contributed by atoms with Crippen molar-refractivity contribution in [3.8, 4) is 0 Å². The van der Waals surface area contributed by atoms with Crippen LogP contribution in [-0.4, -0.2) is 23.5 Å². The SMILES string of the molecule is CC1=NC2C(=C=CC=C3C(c4ccccc4)=CC(C)=NC32)C(c2ccccc2)=C1. The number of benzene rings is 2. The van der Waals surface area contributed by atoms with E-state index in [4.69, 9.17) is 9.98 Å². The molecule has 2 heterocycles. The smallest absolute Gasteiger partial charge is 0.109 e. The maximum Gasteiger partial charge on any atom is 0.109 e. The number of fused-ring (bicyclic) bond motifs is 3. The van der Waals surface area contributed by atoms with Crippen LogP contribution in [0.15, 0.2) is 112 Å². The molecule has 2 unspecified atom stereocenters. The summed E-state index contributed by atoms with van der Waals surface area (Å²) in [5.74, 6) is 0. The first kappa shape index (κ1) is 17.6. The van der Waals surface area contributed by atoms with Crippen LogP contribution in [0.1, 0.15) is 25.0 Å². The molecular weight excluding hydrogens is 352 g/mol. The molecule has 0 amide bonds. The molecule has 0 spiro atoms. The third-order valence-electron chi connectivity index (χ3n) is 5.58. The van der Waals surface area contributed by atoms with Gasteiger partial charge in [-0.15, -0.1) is 5.73 Å². The molecule has 2 nitrogen and oxygen atoms in total. The minimum atomic E-state index is -0.0671. The summed E-state index contributed by atoms with van der Waals surface area (Å²) in [6.07, 6.45) is 8.56. The van der Waals surface area contributed by atoms with Gasteiger partial charge in [-0.25, -0.2) is 0 Å². The van der Waals surface area contributed by atoms with Gasteiger partial charge in [0.1, 0.15) is 12.1 Å². The van der Waals surface area contributed by atoms with Crippen LogP contribution < -0.4 is 0 Å². The number of allylic oxidation sites excluding steroid dienone is 3. The summed E-state index contributed by atoms with van der Waals surface area (Å²) in [6, 6.07) is 21.0. The Morgan fingerprint density at radius 1 is 0.690 bits per heavy atom. The number of rotatable bonds is 2. The molecule has 2 atom stereocenters. The summed E-state index contributed by atoms with van der Waals surface area (Å²) < 4.78 is 0. The number of dihydropyridines is 2. The van der Waals surface area contributed by atoms with Gasteiger partial charge in [0.15, 0.2) is 0 Å². The zero-order valence-electron chi connectivity index (χ0n) is 16.6. The normalized spacial score (nSPS) is 22.7. The lowest BCUT2D eigenvalue weighted by atomic mass is 9.81. The molecule has 2 aromatic carbocycles. The highest BCUT2D eigenvalue weighted by Gasteiger charge is 2.35. The lowest BCUT2D eigenvalue weighted by molar-refractivity contribution is 0.673. The first-order chi connectivity index (χ1) is 14.2. The van der Waals surface area contributed by atoms with Crippen LogP contribution >= 0.6 is 0 Å². The lowest BCUT2D eigenvalue weighted by Crippen LogP contribution is -2.32. The van der Waals surface area contributed by atoms with E-state index in [0.717, 1.165) is 17.0 Å². The van der Waals surface area contributed by atoms with E-state index < -0.39 is 0 Å². The van der Waals surface area contributed by atoms with Crippen molar-refractivity contribution < 1.29 is 0 Å². The van der Waals surface area contributed by atoms with E-state index >= 15 is 0 Å². The second-order valence-electron chi connectivity index (χ2n) is 7.63. The summed E-state index contributed by atoms with van der Waals surface area (Å²) in [5, 5.41) is 0. The maximum absolute atomic E-state index is 5.04. The fourth-order valence-corrected chi connectivity index (χ4v) is 4.31. The van der Waals surface area contributed by atoms with Crippen molar-refractivity contribution in [3.63, 3.8) is 0 Å². The minimum Gasteiger partial charge on any atom is -0.279 e. The third kappa shape index (κ3) is 3.18. The summed E-state index contributed by atoms with van der Waals surface area (Å²) in [6.45, 7) is 4.15. The molecule has 140 valence electrons. The Morgan fingerprint density at radius 2 is 1.24 bits per heavy atom. The molecule has 0 fully saturated rings.